The summed E-state index contributed by atoms with van der Waals surface area (Å²) in [6, 6.07) is 4.84. The van der Waals surface area contributed by atoms with Crippen molar-refractivity contribution in [3.63, 3.8) is 0 Å². The summed E-state index contributed by atoms with van der Waals surface area (Å²) in [5.41, 5.74) is 12.3. The van der Waals surface area contributed by atoms with E-state index >= 15 is 0 Å². The Kier molecular flexibility index (Phi) is 2.68. The maximum Gasteiger partial charge on any atom is 0.126 e. The van der Waals surface area contributed by atoms with Crippen LogP contribution in [0.3, 0.4) is 0 Å². The highest BCUT2D eigenvalue weighted by molar-refractivity contribution is 5.29. The third-order valence-corrected chi connectivity index (χ3v) is 2.24. The molecule has 1 aromatic rings. The Morgan fingerprint density at radius 3 is 2.54 bits per heavy atom. The summed E-state index contributed by atoms with van der Waals surface area (Å²) in [6.07, 6.45) is 0. The first kappa shape index (κ1) is 10.2. The van der Waals surface area contributed by atoms with Crippen molar-refractivity contribution < 1.29 is 4.39 Å². The first-order valence-corrected chi connectivity index (χ1v) is 4.23. The SMILES string of the molecule is Cc1cc(C(C)(N)CN)ccc1F. The predicted octanol–water partition coefficient (Wildman–Crippen LogP) is 1.27. The molecular weight excluding hydrogens is 167 g/mol. The molecule has 1 rings (SSSR count). The minimum Gasteiger partial charge on any atom is -0.328 e. The smallest absolute Gasteiger partial charge is 0.126 e. The van der Waals surface area contributed by atoms with E-state index in [1.807, 2.05) is 6.92 Å². The maximum absolute atomic E-state index is 12.9. The molecule has 1 atom stereocenters. The topological polar surface area (TPSA) is 52.0 Å². The van der Waals surface area contributed by atoms with Gasteiger partial charge in [0.1, 0.15) is 5.82 Å². The zero-order chi connectivity index (χ0) is 10.1. The van der Waals surface area contributed by atoms with E-state index in [2.05, 4.69) is 0 Å². The van der Waals surface area contributed by atoms with Crippen LogP contribution < -0.4 is 11.5 Å². The predicted molar refractivity (Wildman–Crippen MR) is 51.7 cm³/mol. The molecule has 0 aliphatic carbocycles. The summed E-state index contributed by atoms with van der Waals surface area (Å²) in [7, 11) is 0. The average molecular weight is 182 g/mol. The Morgan fingerprint density at radius 2 is 2.08 bits per heavy atom. The third-order valence-electron chi connectivity index (χ3n) is 2.24. The van der Waals surface area contributed by atoms with Gasteiger partial charge in [-0.1, -0.05) is 12.1 Å². The van der Waals surface area contributed by atoms with Gasteiger partial charge in [0.15, 0.2) is 0 Å². The van der Waals surface area contributed by atoms with Crippen LogP contribution in [0.4, 0.5) is 4.39 Å². The van der Waals surface area contributed by atoms with Gasteiger partial charge in [-0.2, -0.15) is 0 Å². The number of benzene rings is 1. The molecule has 13 heavy (non-hydrogen) atoms. The molecule has 0 bridgehead atoms. The molecule has 1 unspecified atom stereocenters. The van der Waals surface area contributed by atoms with Crippen LogP contribution >= 0.6 is 0 Å². The third kappa shape index (κ3) is 2.05. The highest BCUT2D eigenvalue weighted by Crippen LogP contribution is 2.18. The molecule has 0 heterocycles. The van der Waals surface area contributed by atoms with Gasteiger partial charge in [0, 0.05) is 6.54 Å². The van der Waals surface area contributed by atoms with Gasteiger partial charge in [-0.25, -0.2) is 4.39 Å². The summed E-state index contributed by atoms with van der Waals surface area (Å²) in [4.78, 5) is 0. The molecule has 0 fully saturated rings. The summed E-state index contributed by atoms with van der Waals surface area (Å²) in [5, 5.41) is 0. The standard InChI is InChI=1S/C10H15FN2/c1-7-5-8(3-4-9(7)11)10(2,13)6-12/h3-5H,6,12-13H2,1-2H3. The highest BCUT2D eigenvalue weighted by Gasteiger charge is 2.19. The van der Waals surface area contributed by atoms with E-state index in [1.165, 1.54) is 6.07 Å². The van der Waals surface area contributed by atoms with Gasteiger partial charge in [-0.05, 0) is 31.0 Å². The lowest BCUT2D eigenvalue weighted by molar-refractivity contribution is 0.505. The number of nitrogens with two attached hydrogens (primary N) is 2. The fourth-order valence-electron chi connectivity index (χ4n) is 1.12. The van der Waals surface area contributed by atoms with Gasteiger partial charge >= 0.3 is 0 Å². The van der Waals surface area contributed by atoms with Crippen LogP contribution in [0.25, 0.3) is 0 Å². The maximum atomic E-state index is 12.9. The molecule has 4 N–H and O–H groups in total. The summed E-state index contributed by atoms with van der Waals surface area (Å²) in [5.74, 6) is -0.212. The van der Waals surface area contributed by atoms with E-state index in [0.717, 1.165) is 5.56 Å². The second kappa shape index (κ2) is 3.44. The van der Waals surface area contributed by atoms with Gasteiger partial charge in [-0.3, -0.25) is 0 Å². The van der Waals surface area contributed by atoms with Crippen LogP contribution in [0, 0.1) is 12.7 Å². The van der Waals surface area contributed by atoms with Gasteiger partial charge in [0.25, 0.3) is 0 Å². The normalized spacial score (nSPS) is 15.5. The second-order valence-corrected chi connectivity index (χ2v) is 3.59. The second-order valence-electron chi connectivity index (χ2n) is 3.59. The van der Waals surface area contributed by atoms with Crippen molar-refractivity contribution in [3.8, 4) is 0 Å². The van der Waals surface area contributed by atoms with Gasteiger partial charge < -0.3 is 11.5 Å². The Labute approximate surface area is 77.7 Å². The largest absolute Gasteiger partial charge is 0.328 e. The van der Waals surface area contributed by atoms with Crippen LogP contribution in [0.5, 0.6) is 0 Å². The molecule has 0 aliphatic heterocycles. The lowest BCUT2D eigenvalue weighted by atomic mass is 9.92. The molecule has 0 saturated carbocycles. The molecule has 1 aromatic carbocycles. The van der Waals surface area contributed by atoms with E-state index < -0.39 is 5.54 Å². The van der Waals surface area contributed by atoms with Crippen LogP contribution in [-0.2, 0) is 5.54 Å². The lowest BCUT2D eigenvalue weighted by Gasteiger charge is -2.23. The monoisotopic (exact) mass is 182 g/mol. The quantitative estimate of drug-likeness (QED) is 0.723. The Morgan fingerprint density at radius 1 is 1.46 bits per heavy atom. The number of hydrogen-bond donors (Lipinski definition) is 2. The molecular formula is C10H15FN2. The Hall–Kier alpha value is -0.930. The van der Waals surface area contributed by atoms with E-state index in [9.17, 15) is 4.39 Å². The van der Waals surface area contributed by atoms with Crippen molar-refractivity contribution in [2.45, 2.75) is 19.4 Å². The molecule has 72 valence electrons. The molecule has 0 aromatic heterocycles. The molecule has 0 saturated heterocycles. The molecule has 0 amide bonds. The van der Waals surface area contributed by atoms with Crippen molar-refractivity contribution in [1.29, 1.82) is 0 Å². The number of rotatable bonds is 2. The Balaban J connectivity index is 3.10. The minimum absolute atomic E-state index is 0.212. The van der Waals surface area contributed by atoms with E-state index in [-0.39, 0.29) is 5.82 Å². The molecule has 0 radical (unpaired) electrons. The van der Waals surface area contributed by atoms with Crippen LogP contribution in [0.2, 0.25) is 0 Å². The van der Waals surface area contributed by atoms with Crippen molar-refractivity contribution in [2.24, 2.45) is 11.5 Å². The number of halogens is 1. The number of hydrogen-bond acceptors (Lipinski definition) is 2. The van der Waals surface area contributed by atoms with Crippen LogP contribution in [0.15, 0.2) is 18.2 Å². The van der Waals surface area contributed by atoms with Crippen molar-refractivity contribution in [1.82, 2.24) is 0 Å². The zero-order valence-electron chi connectivity index (χ0n) is 7.97. The van der Waals surface area contributed by atoms with Crippen LogP contribution in [0.1, 0.15) is 18.1 Å². The summed E-state index contributed by atoms with van der Waals surface area (Å²) in [6.45, 7) is 3.89. The molecule has 0 aliphatic rings. The summed E-state index contributed by atoms with van der Waals surface area (Å²) >= 11 is 0. The van der Waals surface area contributed by atoms with E-state index in [1.54, 1.807) is 19.1 Å². The molecule has 0 spiro atoms. The summed E-state index contributed by atoms with van der Waals surface area (Å²) < 4.78 is 12.9. The first-order chi connectivity index (χ1) is 5.97. The lowest BCUT2D eigenvalue weighted by Crippen LogP contribution is -2.40. The molecule has 3 heteroatoms. The van der Waals surface area contributed by atoms with Gasteiger partial charge in [0.2, 0.25) is 0 Å². The fourth-order valence-corrected chi connectivity index (χ4v) is 1.12. The van der Waals surface area contributed by atoms with Gasteiger partial charge in [0.05, 0.1) is 5.54 Å². The average Bonchev–Trinajstić information content (AvgIpc) is 2.09. The Bertz CT molecular complexity index is 308. The fraction of sp³-hybridized carbons (Fsp3) is 0.400. The minimum atomic E-state index is -0.571. The van der Waals surface area contributed by atoms with E-state index in [0.29, 0.717) is 12.1 Å². The highest BCUT2D eigenvalue weighted by atomic mass is 19.1. The van der Waals surface area contributed by atoms with Crippen molar-refractivity contribution in [2.75, 3.05) is 6.54 Å². The van der Waals surface area contributed by atoms with Crippen LogP contribution in [-0.4, -0.2) is 6.54 Å². The first-order valence-electron chi connectivity index (χ1n) is 4.23. The van der Waals surface area contributed by atoms with Crippen molar-refractivity contribution >= 4 is 0 Å². The zero-order valence-corrected chi connectivity index (χ0v) is 7.97. The van der Waals surface area contributed by atoms with E-state index in [4.69, 9.17) is 11.5 Å². The number of aryl methyl sites for hydroxylation is 1. The van der Waals surface area contributed by atoms with Crippen molar-refractivity contribution in [3.05, 3.63) is 35.1 Å². The van der Waals surface area contributed by atoms with Gasteiger partial charge in [-0.15, -0.1) is 0 Å². The molecule has 2 nitrogen and oxygen atoms in total.